The first kappa shape index (κ1) is 10.4. The van der Waals surface area contributed by atoms with Crippen LogP contribution in [-0.4, -0.2) is 29.1 Å². The van der Waals surface area contributed by atoms with Crippen molar-refractivity contribution in [2.45, 2.75) is 32.2 Å². The number of aromatic nitrogens is 2. The summed E-state index contributed by atoms with van der Waals surface area (Å²) in [6.07, 6.45) is 6.31. The zero-order valence-electron chi connectivity index (χ0n) is 9.03. The van der Waals surface area contributed by atoms with E-state index in [-0.39, 0.29) is 12.4 Å². The molecule has 0 aliphatic heterocycles. The number of ether oxygens (including phenoxy) is 1. The topological polar surface area (TPSA) is 44.1 Å². The largest absolute Gasteiger partial charge is 0.377 e. The third-order valence-corrected chi connectivity index (χ3v) is 2.76. The van der Waals surface area contributed by atoms with Crippen LogP contribution in [0.1, 0.15) is 24.2 Å². The molecule has 0 bridgehead atoms. The number of nitrogens with zero attached hydrogens (tertiary/aromatic N) is 2. The van der Waals surface area contributed by atoms with Crippen LogP contribution < -0.4 is 0 Å². The SMILES string of the molecule is COCC(=O)Cn1cnc2c1CCCC2. The maximum atomic E-state index is 11.4. The molecule has 0 saturated heterocycles. The van der Waals surface area contributed by atoms with E-state index in [2.05, 4.69) is 4.98 Å². The Hall–Kier alpha value is -1.16. The van der Waals surface area contributed by atoms with E-state index in [4.69, 9.17) is 4.74 Å². The molecule has 1 aromatic rings. The summed E-state index contributed by atoms with van der Waals surface area (Å²) in [5.41, 5.74) is 2.41. The average molecular weight is 208 g/mol. The van der Waals surface area contributed by atoms with Crippen LogP contribution >= 0.6 is 0 Å². The van der Waals surface area contributed by atoms with E-state index in [1.165, 1.54) is 24.2 Å². The number of Topliss-reactive ketones (excluding diaryl/α,β-unsaturated/α-hetero) is 1. The van der Waals surface area contributed by atoms with E-state index in [0.29, 0.717) is 6.54 Å². The highest BCUT2D eigenvalue weighted by Gasteiger charge is 2.16. The summed E-state index contributed by atoms with van der Waals surface area (Å²) in [5.74, 6) is 0.100. The number of carbonyl (C=O) groups excluding carboxylic acids is 1. The standard InChI is InChI=1S/C11H16N2O2/c1-15-7-9(14)6-13-8-12-10-4-2-3-5-11(10)13/h8H,2-7H2,1H3. The Bertz CT molecular complexity index is 357. The lowest BCUT2D eigenvalue weighted by Gasteiger charge is -2.13. The maximum absolute atomic E-state index is 11.4. The van der Waals surface area contributed by atoms with Crippen LogP contribution in [0.25, 0.3) is 0 Å². The fraction of sp³-hybridized carbons (Fsp3) is 0.636. The van der Waals surface area contributed by atoms with Gasteiger partial charge in [0.25, 0.3) is 0 Å². The molecule has 0 atom stereocenters. The first-order valence-electron chi connectivity index (χ1n) is 5.35. The number of aryl methyl sites for hydroxylation is 1. The minimum Gasteiger partial charge on any atom is -0.377 e. The molecule has 0 fully saturated rings. The molecule has 82 valence electrons. The van der Waals surface area contributed by atoms with Gasteiger partial charge in [-0.1, -0.05) is 0 Å². The number of carbonyl (C=O) groups is 1. The fourth-order valence-electron chi connectivity index (χ4n) is 2.06. The van der Waals surface area contributed by atoms with Crippen LogP contribution in [-0.2, 0) is 28.9 Å². The van der Waals surface area contributed by atoms with Crippen LogP contribution in [0.2, 0.25) is 0 Å². The van der Waals surface area contributed by atoms with Gasteiger partial charge in [0.05, 0.1) is 18.6 Å². The van der Waals surface area contributed by atoms with Crippen molar-refractivity contribution in [3.63, 3.8) is 0 Å². The summed E-state index contributed by atoms with van der Waals surface area (Å²) >= 11 is 0. The Morgan fingerprint density at radius 1 is 1.53 bits per heavy atom. The van der Waals surface area contributed by atoms with Crippen molar-refractivity contribution in [2.24, 2.45) is 0 Å². The molecule has 1 aliphatic carbocycles. The highest BCUT2D eigenvalue weighted by atomic mass is 16.5. The van der Waals surface area contributed by atoms with Crippen molar-refractivity contribution in [1.29, 1.82) is 0 Å². The Labute approximate surface area is 89.3 Å². The Morgan fingerprint density at radius 2 is 2.33 bits per heavy atom. The molecule has 0 aromatic carbocycles. The highest BCUT2D eigenvalue weighted by Crippen LogP contribution is 2.19. The third kappa shape index (κ3) is 2.26. The molecular formula is C11H16N2O2. The molecular weight excluding hydrogens is 192 g/mol. The average Bonchev–Trinajstić information content (AvgIpc) is 2.62. The summed E-state index contributed by atoms with van der Waals surface area (Å²) in [7, 11) is 1.54. The highest BCUT2D eigenvalue weighted by molar-refractivity contribution is 5.79. The van der Waals surface area contributed by atoms with E-state index in [9.17, 15) is 4.79 Å². The summed E-state index contributed by atoms with van der Waals surface area (Å²) in [5, 5.41) is 0. The van der Waals surface area contributed by atoms with Crippen LogP contribution in [0.3, 0.4) is 0 Å². The summed E-state index contributed by atoms with van der Waals surface area (Å²) in [4.78, 5) is 15.8. The van der Waals surface area contributed by atoms with E-state index >= 15 is 0 Å². The van der Waals surface area contributed by atoms with E-state index in [1.807, 2.05) is 4.57 Å². The lowest BCUT2D eigenvalue weighted by atomic mass is 10.0. The van der Waals surface area contributed by atoms with Gasteiger partial charge in [-0.05, 0) is 25.7 Å². The number of methoxy groups -OCH3 is 1. The zero-order chi connectivity index (χ0) is 10.7. The van der Waals surface area contributed by atoms with Crippen LogP contribution in [0.4, 0.5) is 0 Å². The van der Waals surface area contributed by atoms with Gasteiger partial charge >= 0.3 is 0 Å². The Morgan fingerprint density at radius 3 is 3.13 bits per heavy atom. The second kappa shape index (κ2) is 4.57. The van der Waals surface area contributed by atoms with Gasteiger partial charge in [0.1, 0.15) is 6.61 Å². The van der Waals surface area contributed by atoms with Crippen molar-refractivity contribution in [2.75, 3.05) is 13.7 Å². The van der Waals surface area contributed by atoms with Gasteiger partial charge in [-0.15, -0.1) is 0 Å². The van der Waals surface area contributed by atoms with Gasteiger partial charge in [0.15, 0.2) is 5.78 Å². The molecule has 0 radical (unpaired) electrons. The van der Waals surface area contributed by atoms with Gasteiger partial charge in [0.2, 0.25) is 0 Å². The smallest absolute Gasteiger partial charge is 0.178 e. The lowest BCUT2D eigenvalue weighted by molar-refractivity contribution is -0.123. The summed E-state index contributed by atoms with van der Waals surface area (Å²) < 4.78 is 6.78. The van der Waals surface area contributed by atoms with E-state index in [1.54, 1.807) is 13.4 Å². The molecule has 1 aliphatic rings. The predicted octanol–water partition coefficient (Wildman–Crippen LogP) is 0.977. The molecule has 1 aromatic heterocycles. The lowest BCUT2D eigenvalue weighted by Crippen LogP contribution is -2.17. The van der Waals surface area contributed by atoms with Gasteiger partial charge in [-0.3, -0.25) is 4.79 Å². The van der Waals surface area contributed by atoms with Crippen molar-refractivity contribution < 1.29 is 9.53 Å². The van der Waals surface area contributed by atoms with Crippen molar-refractivity contribution in [3.05, 3.63) is 17.7 Å². The summed E-state index contributed by atoms with van der Waals surface area (Å²) in [6.45, 7) is 0.586. The van der Waals surface area contributed by atoms with E-state index < -0.39 is 0 Å². The molecule has 0 N–H and O–H groups in total. The molecule has 2 rings (SSSR count). The normalized spacial score (nSPS) is 15.0. The molecule has 15 heavy (non-hydrogen) atoms. The first-order valence-corrected chi connectivity index (χ1v) is 5.35. The minimum atomic E-state index is 0.100. The second-order valence-corrected chi connectivity index (χ2v) is 3.94. The van der Waals surface area contributed by atoms with Crippen molar-refractivity contribution in [1.82, 2.24) is 9.55 Å². The Kier molecular flexibility index (Phi) is 3.16. The minimum absolute atomic E-state index is 0.100. The number of imidazole rings is 1. The maximum Gasteiger partial charge on any atom is 0.178 e. The first-order chi connectivity index (χ1) is 7.31. The fourth-order valence-corrected chi connectivity index (χ4v) is 2.06. The molecule has 0 unspecified atom stereocenters. The van der Waals surface area contributed by atoms with Crippen LogP contribution in [0.5, 0.6) is 0 Å². The quantitative estimate of drug-likeness (QED) is 0.740. The molecule has 0 spiro atoms. The van der Waals surface area contributed by atoms with Crippen molar-refractivity contribution >= 4 is 5.78 Å². The Balaban J connectivity index is 2.08. The van der Waals surface area contributed by atoms with Crippen LogP contribution in [0.15, 0.2) is 6.33 Å². The molecule has 0 saturated carbocycles. The van der Waals surface area contributed by atoms with Crippen molar-refractivity contribution in [3.8, 4) is 0 Å². The number of hydrogen-bond donors (Lipinski definition) is 0. The predicted molar refractivity (Wildman–Crippen MR) is 55.8 cm³/mol. The van der Waals surface area contributed by atoms with Gasteiger partial charge < -0.3 is 9.30 Å². The summed E-state index contributed by atoms with van der Waals surface area (Å²) in [6, 6.07) is 0. The second-order valence-electron chi connectivity index (χ2n) is 3.94. The molecule has 4 heteroatoms. The monoisotopic (exact) mass is 208 g/mol. The number of ketones is 1. The van der Waals surface area contributed by atoms with E-state index in [0.717, 1.165) is 12.8 Å². The van der Waals surface area contributed by atoms with Gasteiger partial charge in [-0.2, -0.15) is 0 Å². The number of fused-ring (bicyclic) bond motifs is 1. The van der Waals surface area contributed by atoms with Crippen LogP contribution in [0, 0.1) is 0 Å². The zero-order valence-corrected chi connectivity index (χ0v) is 9.03. The molecule has 0 amide bonds. The molecule has 4 nitrogen and oxygen atoms in total. The van der Waals surface area contributed by atoms with Gasteiger partial charge in [-0.25, -0.2) is 4.98 Å². The molecule has 1 heterocycles. The number of rotatable bonds is 4. The number of hydrogen-bond acceptors (Lipinski definition) is 3. The third-order valence-electron chi connectivity index (χ3n) is 2.76. The van der Waals surface area contributed by atoms with Gasteiger partial charge in [0, 0.05) is 12.8 Å².